The quantitative estimate of drug-likeness (QED) is 0.830. The molecule has 0 aliphatic carbocycles. The molecule has 1 saturated heterocycles. The Kier molecular flexibility index (Phi) is 4.42. The van der Waals surface area contributed by atoms with Gasteiger partial charge in [0.1, 0.15) is 0 Å². The summed E-state index contributed by atoms with van der Waals surface area (Å²) in [5, 5.41) is 15.3. The van der Waals surface area contributed by atoms with Crippen LogP contribution in [0.4, 0.5) is 0 Å². The van der Waals surface area contributed by atoms with Crippen LogP contribution in [0.2, 0.25) is 0 Å². The Morgan fingerprint density at radius 2 is 2.04 bits per heavy atom. The van der Waals surface area contributed by atoms with Crippen LogP contribution < -0.4 is 5.32 Å². The van der Waals surface area contributed by atoms with E-state index in [1.807, 2.05) is 0 Å². The lowest BCUT2D eigenvalue weighted by molar-refractivity contribution is 0.160. The summed E-state index contributed by atoms with van der Waals surface area (Å²) < 4.78 is 24.7. The molecular formula is C14H20N6O2S. The van der Waals surface area contributed by atoms with Crippen LogP contribution in [0.5, 0.6) is 0 Å². The van der Waals surface area contributed by atoms with Crippen molar-refractivity contribution in [2.45, 2.75) is 24.4 Å². The van der Waals surface area contributed by atoms with Crippen LogP contribution in [-0.4, -0.2) is 65.5 Å². The zero-order chi connectivity index (χ0) is 16.4. The first-order valence-electron chi connectivity index (χ1n) is 7.47. The van der Waals surface area contributed by atoms with Gasteiger partial charge in [0, 0.05) is 31.9 Å². The number of tetrazole rings is 1. The van der Waals surface area contributed by atoms with E-state index in [-0.39, 0.29) is 4.90 Å². The van der Waals surface area contributed by atoms with Gasteiger partial charge in [0.25, 0.3) is 0 Å². The third kappa shape index (κ3) is 3.57. The van der Waals surface area contributed by atoms with Crippen molar-refractivity contribution in [3.63, 3.8) is 0 Å². The zero-order valence-corrected chi connectivity index (χ0v) is 14.0. The third-order valence-corrected chi connectivity index (χ3v) is 5.16. The minimum atomic E-state index is -3.20. The molecule has 0 saturated carbocycles. The highest BCUT2D eigenvalue weighted by atomic mass is 32.2. The topological polar surface area (TPSA) is 93.0 Å². The molecule has 1 N–H and O–H groups in total. The number of hydrogen-bond acceptors (Lipinski definition) is 7. The highest BCUT2D eigenvalue weighted by Gasteiger charge is 2.21. The predicted molar refractivity (Wildman–Crippen MR) is 85.0 cm³/mol. The molecule has 124 valence electrons. The van der Waals surface area contributed by atoms with Gasteiger partial charge >= 0.3 is 0 Å². The van der Waals surface area contributed by atoms with E-state index in [9.17, 15) is 8.42 Å². The molecule has 2 heterocycles. The molecule has 2 aromatic rings. The molecule has 1 aromatic heterocycles. The Balaban J connectivity index is 1.83. The number of piperazine rings is 1. The molecule has 0 radical (unpaired) electrons. The van der Waals surface area contributed by atoms with E-state index in [1.54, 1.807) is 28.9 Å². The lowest BCUT2D eigenvalue weighted by atomic mass is 10.2. The number of hydrogen-bond donors (Lipinski definition) is 1. The summed E-state index contributed by atoms with van der Waals surface area (Å²) in [7, 11) is -3.20. The van der Waals surface area contributed by atoms with Crippen molar-refractivity contribution < 1.29 is 8.42 Å². The fraction of sp³-hybridized carbons (Fsp3) is 0.500. The highest BCUT2D eigenvalue weighted by molar-refractivity contribution is 7.90. The molecule has 1 aliphatic rings. The lowest BCUT2D eigenvalue weighted by Crippen LogP contribution is -2.49. The van der Waals surface area contributed by atoms with Gasteiger partial charge in [-0.2, -0.15) is 4.68 Å². The third-order valence-electron chi connectivity index (χ3n) is 4.03. The molecule has 3 rings (SSSR count). The van der Waals surface area contributed by atoms with Gasteiger partial charge in [-0.3, -0.25) is 4.90 Å². The first kappa shape index (κ1) is 16.0. The minimum Gasteiger partial charge on any atom is -0.314 e. The molecule has 1 aromatic carbocycles. The van der Waals surface area contributed by atoms with E-state index in [4.69, 9.17) is 0 Å². The largest absolute Gasteiger partial charge is 0.314 e. The Labute approximate surface area is 135 Å². The first-order valence-corrected chi connectivity index (χ1v) is 9.37. The summed E-state index contributed by atoms with van der Waals surface area (Å²) in [5.41, 5.74) is 0.750. The zero-order valence-electron chi connectivity index (χ0n) is 13.2. The Morgan fingerprint density at radius 3 is 2.70 bits per heavy atom. The number of aromatic nitrogens is 4. The summed E-state index contributed by atoms with van der Waals surface area (Å²) in [6.45, 7) is 5.67. The molecule has 1 fully saturated rings. The summed E-state index contributed by atoms with van der Waals surface area (Å²) in [6, 6.07) is 7.00. The van der Waals surface area contributed by atoms with Crippen molar-refractivity contribution >= 4 is 9.84 Å². The van der Waals surface area contributed by atoms with Crippen LogP contribution in [0.3, 0.4) is 0 Å². The van der Waals surface area contributed by atoms with Crippen LogP contribution in [-0.2, 0) is 16.4 Å². The van der Waals surface area contributed by atoms with Gasteiger partial charge in [0.2, 0.25) is 0 Å². The average Bonchev–Trinajstić information content (AvgIpc) is 2.97. The van der Waals surface area contributed by atoms with E-state index in [0.29, 0.717) is 12.6 Å². The maximum absolute atomic E-state index is 11.5. The average molecular weight is 336 g/mol. The van der Waals surface area contributed by atoms with Crippen molar-refractivity contribution in [3.05, 3.63) is 30.1 Å². The number of benzene rings is 1. The van der Waals surface area contributed by atoms with Crippen molar-refractivity contribution in [2.24, 2.45) is 0 Å². The lowest BCUT2D eigenvalue weighted by Gasteiger charge is -2.33. The van der Waals surface area contributed by atoms with Crippen LogP contribution >= 0.6 is 0 Å². The summed E-state index contributed by atoms with van der Waals surface area (Å²) in [4.78, 5) is 2.61. The molecule has 23 heavy (non-hydrogen) atoms. The maximum Gasteiger partial charge on any atom is 0.175 e. The number of sulfone groups is 1. The number of rotatable bonds is 4. The molecule has 8 nitrogen and oxygen atoms in total. The van der Waals surface area contributed by atoms with Crippen molar-refractivity contribution in [1.29, 1.82) is 0 Å². The second kappa shape index (κ2) is 6.34. The van der Waals surface area contributed by atoms with Crippen LogP contribution in [0, 0.1) is 0 Å². The van der Waals surface area contributed by atoms with Gasteiger partial charge in [-0.15, -0.1) is 5.10 Å². The SMILES string of the molecule is C[C@H]1CNCCN1Cc1nnnn1-c1ccc(S(C)(=O)=O)cc1. The van der Waals surface area contributed by atoms with E-state index in [2.05, 4.69) is 32.7 Å². The fourth-order valence-electron chi connectivity index (χ4n) is 2.64. The molecule has 0 unspecified atom stereocenters. The van der Waals surface area contributed by atoms with Crippen LogP contribution in [0.1, 0.15) is 12.7 Å². The van der Waals surface area contributed by atoms with Crippen LogP contribution in [0.15, 0.2) is 29.2 Å². The predicted octanol–water partition coefficient (Wildman–Crippen LogP) is -0.140. The van der Waals surface area contributed by atoms with E-state index in [1.165, 1.54) is 6.26 Å². The fourth-order valence-corrected chi connectivity index (χ4v) is 3.27. The van der Waals surface area contributed by atoms with Gasteiger partial charge in [0.05, 0.1) is 17.1 Å². The van der Waals surface area contributed by atoms with Gasteiger partial charge in [-0.1, -0.05) is 0 Å². The van der Waals surface area contributed by atoms with Gasteiger partial charge < -0.3 is 5.32 Å². The van der Waals surface area contributed by atoms with E-state index < -0.39 is 9.84 Å². The minimum absolute atomic E-state index is 0.284. The Morgan fingerprint density at radius 1 is 1.30 bits per heavy atom. The van der Waals surface area contributed by atoms with E-state index in [0.717, 1.165) is 31.1 Å². The molecule has 0 bridgehead atoms. The molecular weight excluding hydrogens is 316 g/mol. The number of nitrogens with one attached hydrogen (secondary N) is 1. The van der Waals surface area contributed by atoms with E-state index >= 15 is 0 Å². The van der Waals surface area contributed by atoms with Gasteiger partial charge in [-0.05, 0) is 41.6 Å². The van der Waals surface area contributed by atoms with Gasteiger partial charge in [0.15, 0.2) is 15.7 Å². The van der Waals surface area contributed by atoms with Crippen LogP contribution in [0.25, 0.3) is 5.69 Å². The second-order valence-electron chi connectivity index (χ2n) is 5.80. The first-order chi connectivity index (χ1) is 10.9. The normalized spacial score (nSPS) is 19.8. The standard InChI is InChI=1S/C14H20N6O2S/c1-11-9-15-7-8-19(11)10-14-16-17-18-20(14)12-3-5-13(6-4-12)23(2,21)22/h3-6,11,15H,7-10H2,1-2H3/t11-/m0/s1. The monoisotopic (exact) mass is 336 g/mol. The Hall–Kier alpha value is -1.84. The summed E-state index contributed by atoms with van der Waals surface area (Å²) in [6.07, 6.45) is 1.19. The molecule has 1 atom stereocenters. The second-order valence-corrected chi connectivity index (χ2v) is 7.81. The molecule has 9 heteroatoms. The van der Waals surface area contributed by atoms with Crippen molar-refractivity contribution in [3.8, 4) is 5.69 Å². The maximum atomic E-state index is 11.5. The van der Waals surface area contributed by atoms with Gasteiger partial charge in [-0.25, -0.2) is 8.42 Å². The molecule has 1 aliphatic heterocycles. The number of nitrogens with zero attached hydrogens (tertiary/aromatic N) is 5. The molecule has 0 spiro atoms. The summed E-state index contributed by atoms with van der Waals surface area (Å²) >= 11 is 0. The summed E-state index contributed by atoms with van der Waals surface area (Å²) in [5.74, 6) is 0.742. The highest BCUT2D eigenvalue weighted by Crippen LogP contribution is 2.15. The smallest absolute Gasteiger partial charge is 0.175 e. The Bertz CT molecular complexity index is 771. The van der Waals surface area contributed by atoms with Crippen molar-refractivity contribution in [1.82, 2.24) is 30.4 Å². The molecule has 0 amide bonds. The van der Waals surface area contributed by atoms with Crippen molar-refractivity contribution in [2.75, 3.05) is 25.9 Å².